The zero-order chi connectivity index (χ0) is 8.55. The molecule has 2 atom stereocenters. The van der Waals surface area contributed by atoms with Gasteiger partial charge in [-0.1, -0.05) is 0 Å². The molecular weight excluding hydrogens is 148 g/mol. The van der Waals surface area contributed by atoms with Crippen molar-refractivity contribution in [3.05, 3.63) is 0 Å². The quantitative estimate of drug-likeness (QED) is 0.630. The van der Waals surface area contributed by atoms with Crippen LogP contribution in [-0.4, -0.2) is 36.6 Å². The molecule has 0 aliphatic carbocycles. The molecule has 1 N–H and O–H groups in total. The van der Waals surface area contributed by atoms with Crippen molar-refractivity contribution >= 4 is 0 Å². The Balaban J connectivity index is 1.92. The molecule has 2 saturated heterocycles. The molecule has 0 aromatic carbocycles. The molecule has 0 radical (unpaired) electrons. The van der Waals surface area contributed by atoms with E-state index in [-0.39, 0.29) is 0 Å². The van der Waals surface area contributed by atoms with E-state index in [1.54, 1.807) is 0 Å². The van der Waals surface area contributed by atoms with Crippen LogP contribution in [-0.2, 0) is 0 Å². The Hall–Kier alpha value is -0.0800. The summed E-state index contributed by atoms with van der Waals surface area (Å²) in [7, 11) is 0. The summed E-state index contributed by atoms with van der Waals surface area (Å²) in [5.74, 6) is 0.946. The first kappa shape index (κ1) is 8.52. The van der Waals surface area contributed by atoms with E-state index >= 15 is 0 Å². The van der Waals surface area contributed by atoms with Crippen LogP contribution in [0.1, 0.15) is 26.7 Å². The van der Waals surface area contributed by atoms with E-state index < -0.39 is 0 Å². The van der Waals surface area contributed by atoms with Crippen molar-refractivity contribution in [2.75, 3.05) is 19.6 Å². The largest absolute Gasteiger partial charge is 0.314 e. The maximum Gasteiger partial charge on any atom is 0.0120 e. The van der Waals surface area contributed by atoms with Crippen molar-refractivity contribution in [1.29, 1.82) is 0 Å². The van der Waals surface area contributed by atoms with E-state index in [9.17, 15) is 0 Å². The second-order valence-corrected chi connectivity index (χ2v) is 4.49. The molecule has 0 spiro atoms. The molecular formula is C10H20N2. The Morgan fingerprint density at radius 2 is 2.17 bits per heavy atom. The summed E-state index contributed by atoms with van der Waals surface area (Å²) in [5.41, 5.74) is 0. The Morgan fingerprint density at radius 3 is 2.92 bits per heavy atom. The maximum atomic E-state index is 3.59. The number of rotatable bonds is 1. The van der Waals surface area contributed by atoms with Gasteiger partial charge in [0.2, 0.25) is 0 Å². The van der Waals surface area contributed by atoms with Crippen LogP contribution in [0.5, 0.6) is 0 Å². The molecule has 2 heterocycles. The number of nitrogens with zero attached hydrogens (tertiary/aromatic N) is 1. The summed E-state index contributed by atoms with van der Waals surface area (Å²) in [6.45, 7) is 8.49. The SMILES string of the molecule is CC(C)N1CCC2NCCC2C1. The minimum absolute atomic E-state index is 0.742. The van der Waals surface area contributed by atoms with Gasteiger partial charge >= 0.3 is 0 Å². The van der Waals surface area contributed by atoms with Gasteiger partial charge in [-0.3, -0.25) is 0 Å². The molecule has 2 unspecified atom stereocenters. The van der Waals surface area contributed by atoms with Gasteiger partial charge in [0.15, 0.2) is 0 Å². The summed E-state index contributed by atoms with van der Waals surface area (Å²) >= 11 is 0. The smallest absolute Gasteiger partial charge is 0.0120 e. The minimum atomic E-state index is 0.742. The number of piperidine rings is 1. The van der Waals surface area contributed by atoms with Crippen molar-refractivity contribution in [1.82, 2.24) is 10.2 Å². The molecule has 0 bridgehead atoms. The number of fused-ring (bicyclic) bond motifs is 1. The number of likely N-dealkylation sites (tertiary alicyclic amines) is 1. The second kappa shape index (κ2) is 3.35. The zero-order valence-corrected chi connectivity index (χ0v) is 8.21. The average Bonchev–Trinajstić information content (AvgIpc) is 2.49. The Bertz CT molecular complexity index is 156. The summed E-state index contributed by atoms with van der Waals surface area (Å²) < 4.78 is 0. The highest BCUT2D eigenvalue weighted by atomic mass is 15.2. The first-order valence-electron chi connectivity index (χ1n) is 5.25. The van der Waals surface area contributed by atoms with E-state index in [1.165, 1.54) is 32.5 Å². The van der Waals surface area contributed by atoms with E-state index in [2.05, 4.69) is 24.1 Å². The molecule has 0 aromatic rings. The van der Waals surface area contributed by atoms with Crippen LogP contribution in [0.4, 0.5) is 0 Å². The number of nitrogens with one attached hydrogen (secondary N) is 1. The second-order valence-electron chi connectivity index (χ2n) is 4.49. The lowest BCUT2D eigenvalue weighted by molar-refractivity contribution is 0.130. The van der Waals surface area contributed by atoms with Crippen molar-refractivity contribution in [2.45, 2.75) is 38.8 Å². The van der Waals surface area contributed by atoms with Gasteiger partial charge in [0.25, 0.3) is 0 Å². The highest BCUT2D eigenvalue weighted by molar-refractivity contribution is 4.90. The third-order valence-electron chi connectivity index (χ3n) is 3.42. The number of hydrogen-bond donors (Lipinski definition) is 1. The predicted molar refractivity (Wildman–Crippen MR) is 51.2 cm³/mol. The topological polar surface area (TPSA) is 15.3 Å². The van der Waals surface area contributed by atoms with Crippen molar-refractivity contribution in [2.24, 2.45) is 5.92 Å². The lowest BCUT2D eigenvalue weighted by Crippen LogP contribution is -2.46. The third-order valence-corrected chi connectivity index (χ3v) is 3.42. The monoisotopic (exact) mass is 168 g/mol. The van der Waals surface area contributed by atoms with E-state index in [1.807, 2.05) is 0 Å². The molecule has 0 amide bonds. The molecule has 70 valence electrons. The van der Waals surface area contributed by atoms with Crippen molar-refractivity contribution in [3.63, 3.8) is 0 Å². The van der Waals surface area contributed by atoms with Gasteiger partial charge in [0.1, 0.15) is 0 Å². The van der Waals surface area contributed by atoms with Crippen LogP contribution in [0.3, 0.4) is 0 Å². The van der Waals surface area contributed by atoms with E-state index in [0.29, 0.717) is 0 Å². The standard InChI is InChI=1S/C10H20N2/c1-8(2)12-6-4-10-9(7-12)3-5-11-10/h8-11H,3-7H2,1-2H3. The van der Waals surface area contributed by atoms with Gasteiger partial charge in [-0.15, -0.1) is 0 Å². The van der Waals surface area contributed by atoms with Crippen molar-refractivity contribution < 1.29 is 0 Å². The zero-order valence-electron chi connectivity index (χ0n) is 8.21. The van der Waals surface area contributed by atoms with Gasteiger partial charge in [-0.05, 0) is 45.7 Å². The lowest BCUT2D eigenvalue weighted by Gasteiger charge is -2.37. The van der Waals surface area contributed by atoms with Gasteiger partial charge < -0.3 is 10.2 Å². The van der Waals surface area contributed by atoms with Crippen LogP contribution in [0.15, 0.2) is 0 Å². The molecule has 12 heavy (non-hydrogen) atoms. The van der Waals surface area contributed by atoms with Crippen LogP contribution < -0.4 is 5.32 Å². The highest BCUT2D eigenvalue weighted by Gasteiger charge is 2.32. The van der Waals surface area contributed by atoms with Crippen molar-refractivity contribution in [3.8, 4) is 0 Å². The summed E-state index contributed by atoms with van der Waals surface area (Å²) in [6, 6.07) is 1.59. The molecule has 2 aliphatic heterocycles. The minimum Gasteiger partial charge on any atom is -0.314 e. The summed E-state index contributed by atoms with van der Waals surface area (Å²) in [4.78, 5) is 2.62. The first-order valence-corrected chi connectivity index (χ1v) is 5.25. The fraction of sp³-hybridized carbons (Fsp3) is 1.00. The average molecular weight is 168 g/mol. The fourth-order valence-electron chi connectivity index (χ4n) is 2.54. The summed E-state index contributed by atoms with van der Waals surface area (Å²) in [6.07, 6.45) is 2.76. The van der Waals surface area contributed by atoms with Crippen LogP contribution in [0.2, 0.25) is 0 Å². The maximum absolute atomic E-state index is 3.59. The highest BCUT2D eigenvalue weighted by Crippen LogP contribution is 2.25. The predicted octanol–water partition coefficient (Wildman–Crippen LogP) is 1.08. The Labute approximate surface area is 75.3 Å². The Morgan fingerprint density at radius 1 is 1.33 bits per heavy atom. The third kappa shape index (κ3) is 1.50. The van der Waals surface area contributed by atoms with E-state index in [0.717, 1.165) is 18.0 Å². The van der Waals surface area contributed by atoms with Crippen LogP contribution in [0.25, 0.3) is 0 Å². The van der Waals surface area contributed by atoms with Gasteiger partial charge in [0.05, 0.1) is 0 Å². The van der Waals surface area contributed by atoms with Crippen LogP contribution in [0, 0.1) is 5.92 Å². The van der Waals surface area contributed by atoms with E-state index in [4.69, 9.17) is 0 Å². The Kier molecular flexibility index (Phi) is 2.37. The molecule has 0 aromatic heterocycles. The van der Waals surface area contributed by atoms with Gasteiger partial charge in [-0.2, -0.15) is 0 Å². The molecule has 0 saturated carbocycles. The summed E-state index contributed by atoms with van der Waals surface area (Å²) in [5, 5.41) is 3.59. The normalized spacial score (nSPS) is 37.2. The lowest BCUT2D eigenvalue weighted by atomic mass is 9.93. The number of hydrogen-bond acceptors (Lipinski definition) is 2. The van der Waals surface area contributed by atoms with Gasteiger partial charge in [0, 0.05) is 18.6 Å². The molecule has 2 aliphatic rings. The fourth-order valence-corrected chi connectivity index (χ4v) is 2.54. The molecule has 2 rings (SSSR count). The first-order chi connectivity index (χ1) is 5.77. The van der Waals surface area contributed by atoms with Gasteiger partial charge in [-0.25, -0.2) is 0 Å². The molecule has 2 fully saturated rings. The van der Waals surface area contributed by atoms with Crippen LogP contribution >= 0.6 is 0 Å². The molecule has 2 heteroatoms. The molecule has 2 nitrogen and oxygen atoms in total.